The van der Waals surface area contributed by atoms with Crippen molar-refractivity contribution in [2.24, 2.45) is 0 Å². The average molecular weight is 528 g/mol. The number of rotatable bonds is 10. The molecule has 0 radical (unpaired) electrons. The van der Waals surface area contributed by atoms with Crippen LogP contribution in [0.3, 0.4) is 0 Å². The summed E-state index contributed by atoms with van der Waals surface area (Å²) >= 11 is 7.37. The number of hydrogen-bond acceptors (Lipinski definition) is 7. The van der Waals surface area contributed by atoms with Crippen molar-refractivity contribution in [1.82, 2.24) is 14.9 Å². The lowest BCUT2D eigenvalue weighted by Gasteiger charge is -2.13. The van der Waals surface area contributed by atoms with Crippen molar-refractivity contribution in [2.45, 2.75) is 20.0 Å². The van der Waals surface area contributed by atoms with E-state index in [1.807, 2.05) is 44.2 Å². The molecule has 188 valence electrons. The van der Waals surface area contributed by atoms with Gasteiger partial charge in [-0.05, 0) is 49.7 Å². The second-order valence-electron chi connectivity index (χ2n) is 8.14. The van der Waals surface area contributed by atoms with Gasteiger partial charge < -0.3 is 19.5 Å². The quantitative estimate of drug-likeness (QED) is 0.301. The molecule has 4 aromatic rings. The molecule has 0 aliphatic carbocycles. The Morgan fingerprint density at radius 1 is 1.14 bits per heavy atom. The fraction of sp³-hybridized carbons (Fsp3) is 0.269. The Morgan fingerprint density at radius 3 is 2.64 bits per heavy atom. The number of aromatic nitrogens is 2. The maximum absolute atomic E-state index is 13.3. The van der Waals surface area contributed by atoms with E-state index >= 15 is 0 Å². The zero-order valence-corrected chi connectivity index (χ0v) is 21.7. The van der Waals surface area contributed by atoms with Gasteiger partial charge in [-0.25, -0.2) is 4.98 Å². The van der Waals surface area contributed by atoms with Gasteiger partial charge in [0.25, 0.3) is 11.5 Å². The van der Waals surface area contributed by atoms with Crippen molar-refractivity contribution < 1.29 is 19.0 Å². The number of ether oxygens (including phenoxy) is 3. The number of carbonyl (C=O) groups is 1. The highest BCUT2D eigenvalue weighted by Crippen LogP contribution is 2.32. The number of thiophene rings is 1. The molecule has 2 heterocycles. The Hall–Kier alpha value is -3.40. The zero-order valence-electron chi connectivity index (χ0n) is 20.1. The molecule has 0 fully saturated rings. The minimum Gasteiger partial charge on any atom is -0.493 e. The Labute approximate surface area is 217 Å². The maximum Gasteiger partial charge on any atom is 0.275 e. The predicted molar refractivity (Wildman–Crippen MR) is 142 cm³/mol. The van der Waals surface area contributed by atoms with E-state index in [1.165, 1.54) is 29.3 Å². The van der Waals surface area contributed by atoms with Gasteiger partial charge in [-0.1, -0.05) is 23.7 Å². The van der Waals surface area contributed by atoms with Gasteiger partial charge in [-0.3, -0.25) is 14.2 Å². The fourth-order valence-electron chi connectivity index (χ4n) is 3.46. The predicted octanol–water partition coefficient (Wildman–Crippen LogP) is 4.70. The Morgan fingerprint density at radius 2 is 1.92 bits per heavy atom. The lowest BCUT2D eigenvalue weighted by molar-refractivity contribution is -0.123. The minimum atomic E-state index is -0.270. The van der Waals surface area contributed by atoms with Crippen LogP contribution in [0, 0.1) is 0 Å². The van der Waals surface area contributed by atoms with Crippen molar-refractivity contribution in [2.75, 3.05) is 26.9 Å². The van der Waals surface area contributed by atoms with Crippen LogP contribution in [0.5, 0.6) is 11.5 Å². The highest BCUT2D eigenvalue weighted by atomic mass is 35.5. The van der Waals surface area contributed by atoms with Gasteiger partial charge in [-0.15, -0.1) is 11.3 Å². The lowest BCUT2D eigenvalue weighted by Crippen LogP contribution is -2.32. The second kappa shape index (κ2) is 11.6. The van der Waals surface area contributed by atoms with Gasteiger partial charge in [0.05, 0.1) is 31.0 Å². The van der Waals surface area contributed by atoms with Crippen molar-refractivity contribution in [3.8, 4) is 27.6 Å². The Balaban J connectivity index is 1.51. The van der Waals surface area contributed by atoms with Gasteiger partial charge in [0.2, 0.25) is 0 Å². The number of nitrogens with zero attached hydrogens (tertiary/aromatic N) is 2. The second-order valence-corrected chi connectivity index (χ2v) is 9.63. The number of nitrogens with one attached hydrogen (secondary N) is 1. The van der Waals surface area contributed by atoms with Crippen LogP contribution in [0.4, 0.5) is 0 Å². The first kappa shape index (κ1) is 25.7. The van der Waals surface area contributed by atoms with Crippen LogP contribution < -0.4 is 20.3 Å². The molecule has 2 aromatic heterocycles. The monoisotopic (exact) mass is 527 g/mol. The Kier molecular flexibility index (Phi) is 8.25. The average Bonchev–Trinajstić information content (AvgIpc) is 3.31. The molecule has 8 nitrogen and oxygen atoms in total. The van der Waals surface area contributed by atoms with Crippen LogP contribution in [0.1, 0.15) is 13.8 Å². The van der Waals surface area contributed by atoms with Crippen LogP contribution in [-0.4, -0.2) is 48.4 Å². The number of amides is 1. The van der Waals surface area contributed by atoms with E-state index in [0.29, 0.717) is 45.6 Å². The molecule has 4 rings (SSSR count). The normalized spacial score (nSPS) is 11.1. The molecule has 0 bridgehead atoms. The minimum absolute atomic E-state index is 0.106. The Bertz CT molecular complexity index is 1420. The van der Waals surface area contributed by atoms with Crippen LogP contribution in [-0.2, 0) is 9.53 Å². The van der Waals surface area contributed by atoms with Crippen molar-refractivity contribution in [3.05, 3.63) is 70.2 Å². The summed E-state index contributed by atoms with van der Waals surface area (Å²) in [5.74, 6) is 0.509. The molecular weight excluding hydrogens is 502 g/mol. The lowest BCUT2D eigenvalue weighted by atomic mass is 10.2. The first-order valence-electron chi connectivity index (χ1n) is 11.3. The smallest absolute Gasteiger partial charge is 0.275 e. The molecule has 1 amide bonds. The van der Waals surface area contributed by atoms with Crippen molar-refractivity contribution >= 4 is 39.1 Å². The molecule has 0 aliphatic rings. The summed E-state index contributed by atoms with van der Waals surface area (Å²) in [6.45, 7) is 4.52. The molecule has 1 N–H and O–H groups in total. The number of halogens is 1. The third-order valence-corrected chi connectivity index (χ3v) is 6.64. The van der Waals surface area contributed by atoms with E-state index < -0.39 is 0 Å². The fourth-order valence-corrected chi connectivity index (χ4v) is 4.63. The zero-order chi connectivity index (χ0) is 25.7. The summed E-state index contributed by atoms with van der Waals surface area (Å²) in [6.07, 6.45) is 1.60. The molecule has 0 saturated heterocycles. The molecule has 0 aliphatic heterocycles. The summed E-state index contributed by atoms with van der Waals surface area (Å²) in [4.78, 5) is 30.7. The number of carbonyl (C=O) groups excluding carboxylic acids is 1. The van der Waals surface area contributed by atoms with Crippen molar-refractivity contribution in [3.63, 3.8) is 0 Å². The standard InChI is InChI=1S/C26H26ClN3O5S/c1-16(2)34-11-10-28-24(31)14-35-21-9-8-19(12-22(21)33-3)30-15-29-20-13-23(36-25(20)26(30)32)17-4-6-18(27)7-5-17/h4-9,12-13,15-16H,10-11,14H2,1-3H3,(H,28,31). The maximum atomic E-state index is 13.3. The summed E-state index contributed by atoms with van der Waals surface area (Å²) in [5, 5.41) is 3.39. The molecule has 0 spiro atoms. The van der Waals surface area contributed by atoms with E-state index in [9.17, 15) is 9.59 Å². The van der Waals surface area contributed by atoms with Gasteiger partial charge in [0.15, 0.2) is 18.1 Å². The summed E-state index contributed by atoms with van der Waals surface area (Å²) in [5.41, 5.74) is 1.97. The first-order chi connectivity index (χ1) is 17.4. The highest BCUT2D eigenvalue weighted by Gasteiger charge is 2.14. The highest BCUT2D eigenvalue weighted by molar-refractivity contribution is 7.22. The SMILES string of the molecule is COc1cc(-n2cnc3cc(-c4ccc(Cl)cc4)sc3c2=O)ccc1OCC(=O)NCCOC(C)C. The van der Waals surface area contributed by atoms with Crippen LogP contribution >= 0.6 is 22.9 Å². The van der Waals surface area contributed by atoms with Crippen LogP contribution in [0.25, 0.3) is 26.3 Å². The summed E-state index contributed by atoms with van der Waals surface area (Å²) in [7, 11) is 1.50. The van der Waals surface area contributed by atoms with E-state index in [4.69, 9.17) is 25.8 Å². The molecule has 0 atom stereocenters. The topological polar surface area (TPSA) is 91.7 Å². The molecule has 0 saturated carbocycles. The van der Waals surface area contributed by atoms with E-state index in [0.717, 1.165) is 10.4 Å². The molecule has 10 heteroatoms. The van der Waals surface area contributed by atoms with Crippen LogP contribution in [0.2, 0.25) is 5.02 Å². The van der Waals surface area contributed by atoms with E-state index in [1.54, 1.807) is 18.2 Å². The van der Waals surface area contributed by atoms with E-state index in [-0.39, 0.29) is 24.2 Å². The van der Waals surface area contributed by atoms with E-state index in [2.05, 4.69) is 10.3 Å². The third-order valence-electron chi connectivity index (χ3n) is 5.23. The van der Waals surface area contributed by atoms with Gasteiger partial charge in [0, 0.05) is 22.5 Å². The number of benzene rings is 2. The molecule has 0 unspecified atom stereocenters. The van der Waals surface area contributed by atoms with Gasteiger partial charge in [0.1, 0.15) is 11.0 Å². The number of hydrogen-bond donors (Lipinski definition) is 1. The number of fused-ring (bicyclic) bond motifs is 1. The van der Waals surface area contributed by atoms with Crippen molar-refractivity contribution in [1.29, 1.82) is 0 Å². The molecular formula is C26H26ClN3O5S. The summed E-state index contributed by atoms with van der Waals surface area (Å²) < 4.78 is 18.5. The van der Waals surface area contributed by atoms with Gasteiger partial charge >= 0.3 is 0 Å². The molecule has 2 aromatic carbocycles. The largest absolute Gasteiger partial charge is 0.493 e. The summed E-state index contributed by atoms with van der Waals surface area (Å²) in [6, 6.07) is 14.4. The first-order valence-corrected chi connectivity index (χ1v) is 12.5. The third kappa shape index (κ3) is 6.04. The molecule has 36 heavy (non-hydrogen) atoms. The van der Waals surface area contributed by atoms with Gasteiger partial charge in [-0.2, -0.15) is 0 Å². The van der Waals surface area contributed by atoms with Crippen LogP contribution in [0.15, 0.2) is 59.7 Å². The number of methoxy groups -OCH3 is 1.